The minimum atomic E-state index is -0.375. The Hall–Kier alpha value is -1.29. The summed E-state index contributed by atoms with van der Waals surface area (Å²) in [7, 11) is 0. The molecule has 54 valence electrons. The summed E-state index contributed by atoms with van der Waals surface area (Å²) in [5.41, 5.74) is 0.0833. The van der Waals surface area contributed by atoms with E-state index in [0.29, 0.717) is 0 Å². The minimum absolute atomic E-state index is 0.0833. The van der Waals surface area contributed by atoms with E-state index in [9.17, 15) is 0 Å². The molecule has 3 N–H and O–H groups in total. The molecular formula is C6H7NO3. The van der Waals surface area contributed by atoms with Gasteiger partial charge in [0.1, 0.15) is 5.69 Å². The number of hydrogen-bond acceptors (Lipinski definition) is 4. The van der Waals surface area contributed by atoms with Crippen molar-refractivity contribution >= 4 is 0 Å². The van der Waals surface area contributed by atoms with Crippen LogP contribution in [-0.2, 0) is 6.61 Å². The van der Waals surface area contributed by atoms with E-state index in [2.05, 4.69) is 4.98 Å². The highest BCUT2D eigenvalue weighted by Gasteiger charge is 2.04. The molecule has 0 aromatic carbocycles. The quantitative estimate of drug-likeness (QED) is 0.514. The molecule has 4 heteroatoms. The van der Waals surface area contributed by atoms with Crippen molar-refractivity contribution in [1.82, 2.24) is 4.98 Å². The van der Waals surface area contributed by atoms with E-state index in [1.165, 1.54) is 12.3 Å². The fraction of sp³-hybridized carbons (Fsp3) is 0.167. The smallest absolute Gasteiger partial charge is 0.181 e. The number of nitrogens with zero attached hydrogens (tertiary/aromatic N) is 1. The van der Waals surface area contributed by atoms with Crippen molar-refractivity contribution in [3.63, 3.8) is 0 Å². The van der Waals surface area contributed by atoms with Crippen LogP contribution in [0.1, 0.15) is 5.69 Å². The van der Waals surface area contributed by atoms with Crippen molar-refractivity contribution < 1.29 is 15.3 Å². The van der Waals surface area contributed by atoms with Gasteiger partial charge in [0.2, 0.25) is 0 Å². The van der Waals surface area contributed by atoms with Crippen LogP contribution in [0.25, 0.3) is 0 Å². The normalized spacial score (nSPS) is 9.70. The average Bonchev–Trinajstić information content (AvgIpc) is 1.95. The summed E-state index contributed by atoms with van der Waals surface area (Å²) < 4.78 is 0. The highest BCUT2D eigenvalue weighted by atomic mass is 16.3. The first-order chi connectivity index (χ1) is 4.75. The zero-order valence-corrected chi connectivity index (χ0v) is 5.15. The van der Waals surface area contributed by atoms with Crippen molar-refractivity contribution in [3.05, 3.63) is 18.0 Å². The van der Waals surface area contributed by atoms with Gasteiger partial charge in [-0.3, -0.25) is 4.98 Å². The number of rotatable bonds is 1. The monoisotopic (exact) mass is 141 g/mol. The molecular weight excluding hydrogens is 134 g/mol. The van der Waals surface area contributed by atoms with Crippen LogP contribution in [0.15, 0.2) is 12.3 Å². The lowest BCUT2D eigenvalue weighted by Gasteiger charge is -1.99. The van der Waals surface area contributed by atoms with Gasteiger partial charge >= 0.3 is 0 Å². The zero-order valence-electron chi connectivity index (χ0n) is 5.15. The maximum atomic E-state index is 8.93. The molecule has 0 saturated heterocycles. The van der Waals surface area contributed by atoms with Crippen LogP contribution in [0, 0.1) is 0 Å². The molecule has 0 fully saturated rings. The molecule has 4 nitrogen and oxygen atoms in total. The maximum Gasteiger partial charge on any atom is 0.181 e. The van der Waals surface area contributed by atoms with E-state index in [1.807, 2.05) is 0 Å². The largest absolute Gasteiger partial charge is 0.504 e. The first kappa shape index (κ1) is 6.82. The lowest BCUT2D eigenvalue weighted by atomic mass is 10.3. The molecule has 1 aromatic rings. The molecule has 0 radical (unpaired) electrons. The lowest BCUT2D eigenvalue weighted by molar-refractivity contribution is 0.267. The lowest BCUT2D eigenvalue weighted by Crippen LogP contribution is -1.88. The Balaban J connectivity index is 3.14. The number of aliphatic hydroxyl groups excluding tert-OH is 1. The molecule has 0 saturated carbocycles. The van der Waals surface area contributed by atoms with E-state index in [4.69, 9.17) is 15.3 Å². The Morgan fingerprint density at radius 2 is 2.10 bits per heavy atom. The number of hydrogen-bond donors (Lipinski definition) is 3. The minimum Gasteiger partial charge on any atom is -0.504 e. The third kappa shape index (κ3) is 1.01. The highest BCUT2D eigenvalue weighted by Crippen LogP contribution is 2.25. The van der Waals surface area contributed by atoms with Crippen LogP contribution in [-0.4, -0.2) is 20.3 Å². The van der Waals surface area contributed by atoms with Crippen molar-refractivity contribution in [2.45, 2.75) is 6.61 Å². The Morgan fingerprint density at radius 3 is 2.60 bits per heavy atom. The zero-order chi connectivity index (χ0) is 7.56. The average molecular weight is 141 g/mol. The van der Waals surface area contributed by atoms with Crippen LogP contribution in [0.4, 0.5) is 0 Å². The predicted octanol–water partition coefficient (Wildman–Crippen LogP) is -0.0149. The van der Waals surface area contributed by atoms with Crippen LogP contribution < -0.4 is 0 Å². The molecule has 1 heterocycles. The second-order valence-corrected chi connectivity index (χ2v) is 1.78. The van der Waals surface area contributed by atoms with Crippen LogP contribution in [0.5, 0.6) is 11.5 Å². The van der Waals surface area contributed by atoms with Gasteiger partial charge in [-0.05, 0) is 0 Å². The molecule has 0 aliphatic rings. The third-order valence-corrected chi connectivity index (χ3v) is 1.13. The van der Waals surface area contributed by atoms with E-state index in [1.54, 1.807) is 0 Å². The Bertz CT molecular complexity index is 236. The predicted molar refractivity (Wildman–Crippen MR) is 33.5 cm³/mol. The molecule has 1 rings (SSSR count). The molecule has 0 unspecified atom stereocenters. The molecule has 0 aliphatic carbocycles. The Kier molecular flexibility index (Phi) is 1.73. The van der Waals surface area contributed by atoms with Crippen molar-refractivity contribution in [3.8, 4) is 11.5 Å². The topological polar surface area (TPSA) is 73.6 Å². The first-order valence-corrected chi connectivity index (χ1v) is 2.72. The number of aromatic hydroxyl groups is 2. The second kappa shape index (κ2) is 2.53. The van der Waals surface area contributed by atoms with Gasteiger partial charge in [0.05, 0.1) is 6.61 Å². The van der Waals surface area contributed by atoms with E-state index in [0.717, 1.165) is 0 Å². The molecule has 0 bridgehead atoms. The van der Waals surface area contributed by atoms with E-state index < -0.39 is 0 Å². The summed E-state index contributed by atoms with van der Waals surface area (Å²) in [6.07, 6.45) is 1.31. The van der Waals surface area contributed by atoms with Gasteiger partial charge in [-0.15, -0.1) is 0 Å². The summed E-state index contributed by atoms with van der Waals surface area (Å²) in [5, 5.41) is 26.3. The maximum absolute atomic E-state index is 8.93. The van der Waals surface area contributed by atoms with Gasteiger partial charge in [-0.1, -0.05) is 0 Å². The molecule has 1 aromatic heterocycles. The second-order valence-electron chi connectivity index (χ2n) is 1.78. The number of pyridine rings is 1. The first-order valence-electron chi connectivity index (χ1n) is 2.72. The van der Waals surface area contributed by atoms with Crippen molar-refractivity contribution in [2.75, 3.05) is 0 Å². The van der Waals surface area contributed by atoms with Crippen LogP contribution in [0.2, 0.25) is 0 Å². The summed E-state index contributed by atoms with van der Waals surface area (Å²) in [6, 6.07) is 1.24. The van der Waals surface area contributed by atoms with Gasteiger partial charge in [0.25, 0.3) is 0 Å². The fourth-order valence-corrected chi connectivity index (χ4v) is 0.601. The van der Waals surface area contributed by atoms with Crippen LogP contribution in [0.3, 0.4) is 0 Å². The van der Waals surface area contributed by atoms with Gasteiger partial charge in [0, 0.05) is 12.3 Å². The van der Waals surface area contributed by atoms with Gasteiger partial charge in [-0.2, -0.15) is 0 Å². The van der Waals surface area contributed by atoms with Crippen molar-refractivity contribution in [2.24, 2.45) is 0 Å². The summed E-state index contributed by atoms with van der Waals surface area (Å²) in [5.74, 6) is -0.621. The standard InChI is InChI=1S/C6H7NO3/c8-3-4-6(10)5(9)1-2-7-4/h1-2,8,10H,3H2,(H,7,9). The summed E-state index contributed by atoms with van der Waals surface area (Å²) in [4.78, 5) is 3.60. The summed E-state index contributed by atoms with van der Waals surface area (Å²) >= 11 is 0. The molecule has 10 heavy (non-hydrogen) atoms. The third-order valence-electron chi connectivity index (χ3n) is 1.13. The number of aliphatic hydroxyl groups is 1. The Morgan fingerprint density at radius 1 is 1.40 bits per heavy atom. The molecule has 0 spiro atoms. The summed E-state index contributed by atoms with van der Waals surface area (Å²) in [6.45, 7) is -0.375. The fourth-order valence-electron chi connectivity index (χ4n) is 0.601. The van der Waals surface area contributed by atoms with E-state index in [-0.39, 0.29) is 23.8 Å². The van der Waals surface area contributed by atoms with E-state index >= 15 is 0 Å². The molecule has 0 aliphatic heterocycles. The SMILES string of the molecule is OCc1nccc(O)c1O. The highest BCUT2D eigenvalue weighted by molar-refractivity contribution is 5.39. The number of aromatic nitrogens is 1. The molecule has 0 amide bonds. The molecule has 0 atom stereocenters. The van der Waals surface area contributed by atoms with Gasteiger partial charge in [-0.25, -0.2) is 0 Å². The van der Waals surface area contributed by atoms with Crippen LogP contribution >= 0.6 is 0 Å². The van der Waals surface area contributed by atoms with Gasteiger partial charge in [0.15, 0.2) is 11.5 Å². The Labute approximate surface area is 57.4 Å². The van der Waals surface area contributed by atoms with Gasteiger partial charge < -0.3 is 15.3 Å². The van der Waals surface area contributed by atoms with Crippen molar-refractivity contribution in [1.29, 1.82) is 0 Å².